The highest BCUT2D eigenvalue weighted by molar-refractivity contribution is 5.99. The van der Waals surface area contributed by atoms with E-state index in [4.69, 9.17) is 4.42 Å². The summed E-state index contributed by atoms with van der Waals surface area (Å²) >= 11 is 0. The summed E-state index contributed by atoms with van der Waals surface area (Å²) < 4.78 is 20.3. The molecule has 1 aliphatic rings. The topological polar surface area (TPSA) is 89.1 Å². The number of carbonyl (C=O) groups excluding carboxylic acids is 1. The van der Waals surface area contributed by atoms with E-state index in [0.717, 1.165) is 18.4 Å². The summed E-state index contributed by atoms with van der Waals surface area (Å²) in [6, 6.07) is 10.8. The van der Waals surface area contributed by atoms with Gasteiger partial charge in [0.25, 0.3) is 11.9 Å². The molecule has 5 rings (SSSR count). The van der Waals surface area contributed by atoms with Crippen molar-refractivity contribution in [1.82, 2.24) is 24.9 Å². The molecule has 0 spiro atoms. The molecule has 8 nitrogen and oxygen atoms in total. The number of fused-ring (bicyclic) bond motifs is 1. The van der Waals surface area contributed by atoms with E-state index in [0.29, 0.717) is 35.9 Å². The molecule has 33 heavy (non-hydrogen) atoms. The monoisotopic (exact) mass is 448 g/mol. The van der Waals surface area contributed by atoms with Crippen LogP contribution in [0.4, 0.5) is 10.4 Å². The molecule has 1 aliphatic heterocycles. The molecule has 4 aromatic rings. The summed E-state index contributed by atoms with van der Waals surface area (Å²) in [5.41, 5.74) is 2.52. The van der Waals surface area contributed by atoms with Crippen molar-refractivity contribution in [2.24, 2.45) is 5.92 Å². The molecule has 2 aromatic heterocycles. The van der Waals surface area contributed by atoms with E-state index in [9.17, 15) is 9.18 Å². The van der Waals surface area contributed by atoms with Crippen LogP contribution in [-0.2, 0) is 0 Å². The molecule has 0 radical (unpaired) electrons. The first-order chi connectivity index (χ1) is 16.0. The minimum absolute atomic E-state index is 0.109. The molecule has 1 fully saturated rings. The predicted octanol–water partition coefficient (Wildman–Crippen LogP) is 4.21. The molecule has 1 saturated heterocycles. The maximum atomic E-state index is 14.5. The van der Waals surface area contributed by atoms with Crippen LogP contribution in [0.1, 0.15) is 35.7 Å². The SMILES string of the molecule is Cc1c(F)ccc(-n2nccn2)c1C(=O)N1CCCC(C)C1CNc1nc2ccccc2o1. The van der Waals surface area contributed by atoms with Gasteiger partial charge in [0.15, 0.2) is 5.58 Å². The molecule has 0 saturated carbocycles. The quantitative estimate of drug-likeness (QED) is 0.492. The third-order valence-corrected chi connectivity index (χ3v) is 6.36. The lowest BCUT2D eigenvalue weighted by Gasteiger charge is -2.40. The van der Waals surface area contributed by atoms with Gasteiger partial charge in [0.2, 0.25) is 0 Å². The molecular formula is C24H25FN6O2. The van der Waals surface area contributed by atoms with Gasteiger partial charge >= 0.3 is 0 Å². The second kappa shape index (κ2) is 8.65. The number of nitrogens with one attached hydrogen (secondary N) is 1. The number of oxazole rings is 1. The van der Waals surface area contributed by atoms with Gasteiger partial charge in [-0.05, 0) is 55.5 Å². The van der Waals surface area contributed by atoms with E-state index in [1.807, 2.05) is 29.2 Å². The van der Waals surface area contributed by atoms with E-state index in [1.165, 1.54) is 23.3 Å². The number of nitrogens with zero attached hydrogens (tertiary/aromatic N) is 5. The van der Waals surface area contributed by atoms with Crippen LogP contribution in [0.3, 0.4) is 0 Å². The molecule has 2 unspecified atom stereocenters. The van der Waals surface area contributed by atoms with Crippen molar-refractivity contribution in [3.8, 4) is 5.69 Å². The Morgan fingerprint density at radius 1 is 1.21 bits per heavy atom. The molecule has 170 valence electrons. The van der Waals surface area contributed by atoms with Crippen molar-refractivity contribution in [2.45, 2.75) is 32.7 Å². The Kier molecular flexibility index (Phi) is 5.53. The Bertz CT molecular complexity index is 1250. The zero-order valence-corrected chi connectivity index (χ0v) is 18.5. The molecule has 1 N–H and O–H groups in total. The van der Waals surface area contributed by atoms with Crippen LogP contribution < -0.4 is 5.32 Å². The van der Waals surface area contributed by atoms with Crippen LogP contribution in [0, 0.1) is 18.7 Å². The average molecular weight is 449 g/mol. The number of carbonyl (C=O) groups is 1. The van der Waals surface area contributed by atoms with Crippen LogP contribution in [0.2, 0.25) is 0 Å². The number of anilines is 1. The molecule has 0 aliphatic carbocycles. The molecule has 1 amide bonds. The van der Waals surface area contributed by atoms with Gasteiger partial charge in [-0.3, -0.25) is 4.79 Å². The normalized spacial score (nSPS) is 18.6. The number of hydrogen-bond donors (Lipinski definition) is 1. The zero-order valence-electron chi connectivity index (χ0n) is 18.5. The highest BCUT2D eigenvalue weighted by Crippen LogP contribution is 2.29. The van der Waals surface area contributed by atoms with Gasteiger partial charge in [-0.1, -0.05) is 19.1 Å². The van der Waals surface area contributed by atoms with E-state index in [-0.39, 0.29) is 23.4 Å². The smallest absolute Gasteiger partial charge is 0.295 e. The fraction of sp³-hybridized carbons (Fsp3) is 0.333. The number of likely N-dealkylation sites (tertiary alicyclic amines) is 1. The predicted molar refractivity (Wildman–Crippen MR) is 122 cm³/mol. The van der Waals surface area contributed by atoms with Gasteiger partial charge in [-0.2, -0.15) is 20.0 Å². The summed E-state index contributed by atoms with van der Waals surface area (Å²) in [6.07, 6.45) is 4.95. The maximum Gasteiger partial charge on any atom is 0.295 e. The lowest BCUT2D eigenvalue weighted by Crippen LogP contribution is -2.51. The van der Waals surface area contributed by atoms with E-state index in [2.05, 4.69) is 27.4 Å². The number of para-hydroxylation sites is 2. The van der Waals surface area contributed by atoms with Gasteiger partial charge in [0.1, 0.15) is 11.3 Å². The molecular weight excluding hydrogens is 423 g/mol. The molecule has 3 heterocycles. The van der Waals surface area contributed by atoms with E-state index >= 15 is 0 Å². The summed E-state index contributed by atoms with van der Waals surface area (Å²) in [7, 11) is 0. The number of benzene rings is 2. The van der Waals surface area contributed by atoms with Crippen molar-refractivity contribution in [3.05, 3.63) is 65.7 Å². The average Bonchev–Trinajstić information content (AvgIpc) is 3.49. The minimum atomic E-state index is -0.430. The first kappa shape index (κ1) is 21.1. The fourth-order valence-corrected chi connectivity index (χ4v) is 4.54. The van der Waals surface area contributed by atoms with Gasteiger partial charge < -0.3 is 14.6 Å². The van der Waals surface area contributed by atoms with Crippen molar-refractivity contribution in [3.63, 3.8) is 0 Å². The molecule has 2 aromatic carbocycles. The van der Waals surface area contributed by atoms with Crippen LogP contribution in [0.5, 0.6) is 0 Å². The van der Waals surface area contributed by atoms with Crippen molar-refractivity contribution in [2.75, 3.05) is 18.4 Å². The summed E-state index contributed by atoms with van der Waals surface area (Å²) in [5.74, 6) is -0.407. The van der Waals surface area contributed by atoms with E-state index in [1.54, 1.807) is 13.0 Å². The Balaban J connectivity index is 1.44. The second-order valence-electron chi connectivity index (χ2n) is 8.44. The molecule has 2 atom stereocenters. The highest BCUT2D eigenvalue weighted by atomic mass is 19.1. The number of aromatic nitrogens is 4. The standard InChI is InChI=1S/C24H25FN6O2/c1-15-6-5-13-30(20(15)14-26-24-29-18-7-3-4-8-21(18)33-24)23(32)22-16(2)17(25)9-10-19(22)31-27-11-12-28-31/h3-4,7-12,15,20H,5-6,13-14H2,1-2H3,(H,26,29). The number of amides is 1. The fourth-order valence-electron chi connectivity index (χ4n) is 4.54. The van der Waals surface area contributed by atoms with Crippen LogP contribution in [-0.4, -0.2) is 49.9 Å². The van der Waals surface area contributed by atoms with Gasteiger partial charge in [0, 0.05) is 13.1 Å². The van der Waals surface area contributed by atoms with Crippen molar-refractivity contribution < 1.29 is 13.6 Å². The number of hydrogen-bond acceptors (Lipinski definition) is 6. The Morgan fingerprint density at radius 3 is 2.79 bits per heavy atom. The largest absolute Gasteiger partial charge is 0.424 e. The maximum absolute atomic E-state index is 14.5. The third kappa shape index (κ3) is 3.94. The summed E-state index contributed by atoms with van der Waals surface area (Å²) in [6.45, 7) is 4.81. The summed E-state index contributed by atoms with van der Waals surface area (Å²) in [5, 5.41) is 11.6. The zero-order chi connectivity index (χ0) is 22.9. The number of halogens is 1. The lowest BCUT2D eigenvalue weighted by atomic mass is 9.89. The van der Waals surface area contributed by atoms with Crippen LogP contribution in [0.25, 0.3) is 16.8 Å². The lowest BCUT2D eigenvalue weighted by molar-refractivity contribution is 0.0537. The molecule has 9 heteroatoms. The van der Waals surface area contributed by atoms with Crippen LogP contribution >= 0.6 is 0 Å². The van der Waals surface area contributed by atoms with Crippen molar-refractivity contribution in [1.29, 1.82) is 0 Å². The third-order valence-electron chi connectivity index (χ3n) is 6.36. The van der Waals surface area contributed by atoms with Gasteiger partial charge in [-0.15, -0.1) is 0 Å². The van der Waals surface area contributed by atoms with Crippen LogP contribution in [0.15, 0.2) is 53.2 Å². The first-order valence-electron chi connectivity index (χ1n) is 11.1. The number of piperidine rings is 1. The minimum Gasteiger partial charge on any atom is -0.424 e. The van der Waals surface area contributed by atoms with E-state index < -0.39 is 5.82 Å². The Labute approximate surface area is 190 Å². The first-order valence-corrected chi connectivity index (χ1v) is 11.1. The summed E-state index contributed by atoms with van der Waals surface area (Å²) in [4.78, 5) is 21.5. The van der Waals surface area contributed by atoms with Crippen molar-refractivity contribution >= 4 is 23.0 Å². The Morgan fingerprint density at radius 2 is 2.00 bits per heavy atom. The highest BCUT2D eigenvalue weighted by Gasteiger charge is 2.35. The van der Waals surface area contributed by atoms with Gasteiger partial charge in [-0.25, -0.2) is 4.39 Å². The second-order valence-corrected chi connectivity index (χ2v) is 8.44. The number of rotatable bonds is 5. The Hall–Kier alpha value is -3.75. The molecule has 0 bridgehead atoms. The van der Waals surface area contributed by atoms with Gasteiger partial charge in [0.05, 0.1) is 29.7 Å².